The molecule has 0 aliphatic heterocycles. The molecule has 0 aromatic rings. The molecule has 0 fully saturated rings. The third-order valence-corrected chi connectivity index (χ3v) is 4.81. The summed E-state index contributed by atoms with van der Waals surface area (Å²) in [6.45, 7) is 0. The van der Waals surface area contributed by atoms with Crippen molar-refractivity contribution in [2.24, 2.45) is 0 Å². The van der Waals surface area contributed by atoms with E-state index in [0.29, 0.717) is 0 Å². The molecule has 0 aromatic carbocycles. The fourth-order valence-corrected chi connectivity index (χ4v) is 3.18. The molecule has 0 aromatic heterocycles. The van der Waals surface area contributed by atoms with Crippen LogP contribution < -0.4 is 0 Å². The maximum atomic E-state index is 5.39. The van der Waals surface area contributed by atoms with Crippen LogP contribution in [0.2, 0.25) is 0 Å². The van der Waals surface area contributed by atoms with Crippen LogP contribution in [0.3, 0.4) is 0 Å². The first-order chi connectivity index (χ1) is 7.29. The number of hydrogen-bond donors (Lipinski definition) is 0. The number of allylic oxidation sites excluding steroid dienone is 8. The number of rotatable bonds is 4. The monoisotopic (exact) mass is 224 g/mol. The van der Waals surface area contributed by atoms with Gasteiger partial charge in [-0.05, 0) is 0 Å². The van der Waals surface area contributed by atoms with E-state index in [9.17, 15) is 0 Å². The quantitative estimate of drug-likeness (QED) is 0.684. The lowest BCUT2D eigenvalue weighted by Crippen LogP contribution is -2.45. The van der Waals surface area contributed by atoms with Crippen molar-refractivity contribution < 1.29 is 13.3 Å². The molecule has 0 unspecified atom stereocenters. The Labute approximate surface area is 91.7 Å². The van der Waals surface area contributed by atoms with Gasteiger partial charge >= 0.3 is 8.80 Å². The summed E-state index contributed by atoms with van der Waals surface area (Å²) >= 11 is 0. The molecule has 82 valence electrons. The normalized spacial score (nSPS) is 20.3. The maximum absolute atomic E-state index is 5.39. The van der Waals surface area contributed by atoms with Gasteiger partial charge in [-0.2, -0.15) is 0 Å². The maximum Gasteiger partial charge on any atom is 0.536 e. The molecule has 0 amide bonds. The Morgan fingerprint density at radius 3 is 1.93 bits per heavy atom. The summed E-state index contributed by atoms with van der Waals surface area (Å²) in [5.74, 6) is 0. The minimum atomic E-state index is -2.68. The first-order valence-electron chi connectivity index (χ1n) is 4.66. The second kappa shape index (κ2) is 5.82. The van der Waals surface area contributed by atoms with Gasteiger partial charge in [-0.15, -0.1) is 0 Å². The van der Waals surface area contributed by atoms with Gasteiger partial charge in [0.1, 0.15) is 0 Å². The topological polar surface area (TPSA) is 27.7 Å². The molecule has 0 saturated carbocycles. The van der Waals surface area contributed by atoms with Crippen molar-refractivity contribution in [2.45, 2.75) is 0 Å². The van der Waals surface area contributed by atoms with Crippen molar-refractivity contribution in [2.75, 3.05) is 21.3 Å². The zero-order valence-electron chi connectivity index (χ0n) is 9.27. The average molecular weight is 224 g/mol. The molecule has 0 heterocycles. The molecule has 0 spiro atoms. The molecule has 4 heteroatoms. The van der Waals surface area contributed by atoms with Crippen LogP contribution in [0.15, 0.2) is 47.7 Å². The van der Waals surface area contributed by atoms with E-state index in [1.165, 1.54) is 0 Å². The van der Waals surface area contributed by atoms with E-state index in [1.807, 2.05) is 42.5 Å². The Kier molecular flexibility index (Phi) is 4.71. The third-order valence-electron chi connectivity index (χ3n) is 2.16. The van der Waals surface area contributed by atoms with Crippen molar-refractivity contribution in [3.05, 3.63) is 47.7 Å². The Hall–Kier alpha value is -0.943. The zero-order valence-corrected chi connectivity index (χ0v) is 10.3. The summed E-state index contributed by atoms with van der Waals surface area (Å²) in [6, 6.07) is 0. The van der Waals surface area contributed by atoms with Crippen LogP contribution >= 0.6 is 0 Å². The first-order valence-corrected chi connectivity index (χ1v) is 6.39. The largest absolute Gasteiger partial charge is 0.536 e. The summed E-state index contributed by atoms with van der Waals surface area (Å²) in [7, 11) is 2.13. The fraction of sp³-hybridized carbons (Fsp3) is 0.273. The minimum absolute atomic E-state index is 0.940. The lowest BCUT2D eigenvalue weighted by atomic mass is 10.3. The van der Waals surface area contributed by atoms with Gasteiger partial charge in [0, 0.05) is 26.5 Å². The highest BCUT2D eigenvalue weighted by Gasteiger charge is 2.41. The molecule has 1 aliphatic carbocycles. The van der Waals surface area contributed by atoms with Crippen molar-refractivity contribution >= 4 is 8.80 Å². The molecule has 1 rings (SSSR count). The van der Waals surface area contributed by atoms with Gasteiger partial charge in [-0.3, -0.25) is 0 Å². The van der Waals surface area contributed by atoms with Gasteiger partial charge < -0.3 is 13.3 Å². The summed E-state index contributed by atoms with van der Waals surface area (Å²) in [4.78, 5) is 0. The summed E-state index contributed by atoms with van der Waals surface area (Å²) in [5, 5.41) is 0.940. The second-order valence-corrected chi connectivity index (χ2v) is 5.83. The molecule has 0 atom stereocenters. The standard InChI is InChI=1S/C11H16O3Si/c1-12-15(13-2,14-3)11-9-7-5-4-6-8-10-11/h4-10H,1-3H3/b5-4-,6-4?,7-5?,8-6-,9-7?,10-8?,11-9?,11-10?. The van der Waals surface area contributed by atoms with Crippen molar-refractivity contribution in [3.63, 3.8) is 0 Å². The molecular weight excluding hydrogens is 208 g/mol. The molecule has 0 radical (unpaired) electrons. The lowest BCUT2D eigenvalue weighted by molar-refractivity contribution is 0.136. The highest BCUT2D eigenvalue weighted by molar-refractivity contribution is 6.69. The van der Waals surface area contributed by atoms with Crippen molar-refractivity contribution in [1.29, 1.82) is 0 Å². The van der Waals surface area contributed by atoms with Gasteiger partial charge in [-0.25, -0.2) is 0 Å². The van der Waals surface area contributed by atoms with Crippen LogP contribution in [0.25, 0.3) is 0 Å². The van der Waals surface area contributed by atoms with E-state index in [-0.39, 0.29) is 0 Å². The van der Waals surface area contributed by atoms with Gasteiger partial charge in [0.2, 0.25) is 0 Å². The minimum Gasteiger partial charge on any atom is -0.373 e. The molecule has 15 heavy (non-hydrogen) atoms. The van der Waals surface area contributed by atoms with Gasteiger partial charge in [0.05, 0.1) is 0 Å². The molecule has 0 saturated heterocycles. The van der Waals surface area contributed by atoms with Crippen LogP contribution in [0.4, 0.5) is 0 Å². The second-order valence-electron chi connectivity index (χ2n) is 2.92. The van der Waals surface area contributed by atoms with Gasteiger partial charge in [0.15, 0.2) is 0 Å². The third kappa shape index (κ3) is 2.76. The van der Waals surface area contributed by atoms with Crippen LogP contribution in [0, 0.1) is 0 Å². The van der Waals surface area contributed by atoms with E-state index in [0.717, 1.165) is 5.20 Å². The van der Waals surface area contributed by atoms with E-state index in [4.69, 9.17) is 13.3 Å². The van der Waals surface area contributed by atoms with E-state index in [1.54, 1.807) is 21.3 Å². The van der Waals surface area contributed by atoms with Gasteiger partial charge in [0.25, 0.3) is 0 Å². The Morgan fingerprint density at radius 1 is 0.800 bits per heavy atom. The molecular formula is C11H16O3Si. The van der Waals surface area contributed by atoms with E-state index < -0.39 is 8.80 Å². The Morgan fingerprint density at radius 2 is 1.33 bits per heavy atom. The number of hydrogen-bond acceptors (Lipinski definition) is 3. The molecule has 0 bridgehead atoms. The summed E-state index contributed by atoms with van der Waals surface area (Å²) in [6.07, 6.45) is 13.6. The van der Waals surface area contributed by atoms with Crippen LogP contribution in [-0.2, 0) is 13.3 Å². The predicted molar refractivity (Wildman–Crippen MR) is 62.3 cm³/mol. The molecule has 3 nitrogen and oxygen atoms in total. The van der Waals surface area contributed by atoms with Crippen molar-refractivity contribution in [1.82, 2.24) is 0 Å². The van der Waals surface area contributed by atoms with E-state index >= 15 is 0 Å². The highest BCUT2D eigenvalue weighted by Crippen LogP contribution is 2.19. The van der Waals surface area contributed by atoms with Crippen molar-refractivity contribution in [3.8, 4) is 0 Å². The lowest BCUT2D eigenvalue weighted by Gasteiger charge is -2.25. The molecule has 0 N–H and O–H groups in total. The zero-order chi connectivity index (χ0) is 11.1. The Bertz CT molecular complexity index is 304. The molecule has 1 aliphatic rings. The van der Waals surface area contributed by atoms with Crippen LogP contribution in [-0.4, -0.2) is 30.1 Å². The average Bonchev–Trinajstić information content (AvgIpc) is 2.23. The first kappa shape index (κ1) is 12.1. The summed E-state index contributed by atoms with van der Waals surface area (Å²) < 4.78 is 16.2. The SMILES string of the molecule is CO[Si](OC)(OC)C1=C/C=C\C=C/C=C1. The smallest absolute Gasteiger partial charge is 0.373 e. The highest BCUT2D eigenvalue weighted by atomic mass is 28.4. The Balaban J connectivity index is 3.01. The van der Waals surface area contributed by atoms with Crippen LogP contribution in [0.5, 0.6) is 0 Å². The van der Waals surface area contributed by atoms with Crippen LogP contribution in [0.1, 0.15) is 0 Å². The summed E-state index contributed by atoms with van der Waals surface area (Å²) in [5.41, 5.74) is 0. The van der Waals surface area contributed by atoms with Gasteiger partial charge in [-0.1, -0.05) is 42.5 Å². The fourth-order valence-electron chi connectivity index (χ4n) is 1.37. The van der Waals surface area contributed by atoms with E-state index in [2.05, 4.69) is 0 Å². The predicted octanol–water partition coefficient (Wildman–Crippen LogP) is 2.01.